The molecule has 1 saturated heterocycles. The largest absolute Gasteiger partial charge is 0.444 e. The molecule has 1 rings (SSSR count). The van der Waals surface area contributed by atoms with Crippen LogP contribution in [0.3, 0.4) is 0 Å². The van der Waals surface area contributed by atoms with E-state index in [1.165, 1.54) is 0 Å². The number of amides is 1. The van der Waals surface area contributed by atoms with Crippen LogP contribution in [-0.2, 0) is 4.74 Å². The zero-order valence-corrected chi connectivity index (χ0v) is 9.41. The van der Waals surface area contributed by atoms with Crippen molar-refractivity contribution in [2.24, 2.45) is 5.73 Å². The molecule has 0 aromatic rings. The molecule has 1 amide bonds. The van der Waals surface area contributed by atoms with Crippen molar-refractivity contribution in [1.82, 2.24) is 4.90 Å². The summed E-state index contributed by atoms with van der Waals surface area (Å²) in [6.45, 7) is 8.27. The van der Waals surface area contributed by atoms with Gasteiger partial charge in [0.2, 0.25) is 0 Å². The molecule has 0 spiro atoms. The molecule has 1 heterocycles. The van der Waals surface area contributed by atoms with E-state index in [-0.39, 0.29) is 18.2 Å². The predicted octanol–water partition coefficient (Wildman–Crippen LogP) is 1.34. The monoisotopic (exact) mass is 200 g/mol. The Bertz CT molecular complexity index is 223. The number of nitrogens with two attached hydrogens (primary N) is 1. The van der Waals surface area contributed by atoms with Gasteiger partial charge in [-0.25, -0.2) is 4.79 Å². The maximum atomic E-state index is 11.7. The highest BCUT2D eigenvalue weighted by Crippen LogP contribution is 2.19. The first kappa shape index (κ1) is 11.3. The summed E-state index contributed by atoms with van der Waals surface area (Å²) in [5.41, 5.74) is 5.39. The fraction of sp³-hybridized carbons (Fsp3) is 0.900. The molecule has 1 aliphatic heterocycles. The van der Waals surface area contributed by atoms with E-state index in [1.54, 1.807) is 4.90 Å². The topological polar surface area (TPSA) is 55.6 Å². The van der Waals surface area contributed by atoms with E-state index in [0.29, 0.717) is 6.54 Å². The van der Waals surface area contributed by atoms with Crippen LogP contribution in [0.4, 0.5) is 4.79 Å². The van der Waals surface area contributed by atoms with Crippen LogP contribution in [0.15, 0.2) is 0 Å². The van der Waals surface area contributed by atoms with Crippen LogP contribution in [-0.4, -0.2) is 35.2 Å². The Labute approximate surface area is 85.4 Å². The van der Waals surface area contributed by atoms with Crippen molar-refractivity contribution in [3.05, 3.63) is 0 Å². The van der Waals surface area contributed by atoms with Crippen molar-refractivity contribution in [1.29, 1.82) is 0 Å². The Morgan fingerprint density at radius 3 is 2.43 bits per heavy atom. The molecule has 0 saturated carbocycles. The Hall–Kier alpha value is -0.770. The van der Waals surface area contributed by atoms with Crippen LogP contribution in [0.1, 0.15) is 34.1 Å². The predicted molar refractivity (Wildman–Crippen MR) is 55.0 cm³/mol. The van der Waals surface area contributed by atoms with Gasteiger partial charge in [0.25, 0.3) is 0 Å². The van der Waals surface area contributed by atoms with Gasteiger partial charge >= 0.3 is 6.09 Å². The summed E-state index contributed by atoms with van der Waals surface area (Å²) in [7, 11) is 0. The Balaban J connectivity index is 2.54. The second kappa shape index (κ2) is 3.77. The van der Waals surface area contributed by atoms with Crippen molar-refractivity contribution in [3.8, 4) is 0 Å². The molecule has 1 fully saturated rings. The molecule has 82 valence electrons. The standard InChI is InChI=1S/C10H20N2O2/c1-7-8(11)5-6-12(7)9(13)14-10(2,3)4/h7-8H,5-6,11H2,1-4H3/t7-,8-/m0/s1. The fourth-order valence-electron chi connectivity index (χ4n) is 1.54. The molecule has 0 radical (unpaired) electrons. The molecule has 1 aliphatic rings. The minimum atomic E-state index is -0.427. The third-order valence-corrected chi connectivity index (χ3v) is 2.44. The van der Waals surface area contributed by atoms with Crippen LogP contribution in [0.2, 0.25) is 0 Å². The molecular weight excluding hydrogens is 180 g/mol. The van der Waals surface area contributed by atoms with Crippen LogP contribution < -0.4 is 5.73 Å². The average Bonchev–Trinajstić information content (AvgIpc) is 2.29. The van der Waals surface area contributed by atoms with E-state index in [4.69, 9.17) is 10.5 Å². The third-order valence-electron chi connectivity index (χ3n) is 2.44. The molecule has 2 atom stereocenters. The number of carbonyl (C=O) groups is 1. The van der Waals surface area contributed by atoms with Gasteiger partial charge < -0.3 is 15.4 Å². The quantitative estimate of drug-likeness (QED) is 0.642. The zero-order chi connectivity index (χ0) is 10.9. The number of hydrogen-bond donors (Lipinski definition) is 1. The molecule has 0 aromatic heterocycles. The third kappa shape index (κ3) is 2.61. The molecular formula is C10H20N2O2. The molecule has 0 bridgehead atoms. The van der Waals surface area contributed by atoms with Crippen LogP contribution in [0.25, 0.3) is 0 Å². The first-order valence-corrected chi connectivity index (χ1v) is 5.06. The van der Waals surface area contributed by atoms with Gasteiger partial charge in [0.1, 0.15) is 5.60 Å². The normalized spacial score (nSPS) is 27.9. The van der Waals surface area contributed by atoms with E-state index in [1.807, 2.05) is 27.7 Å². The summed E-state index contributed by atoms with van der Waals surface area (Å²) in [6, 6.07) is 0.173. The van der Waals surface area contributed by atoms with E-state index in [9.17, 15) is 4.79 Å². The van der Waals surface area contributed by atoms with Crippen molar-refractivity contribution in [2.45, 2.75) is 51.8 Å². The number of ether oxygens (including phenoxy) is 1. The number of hydrogen-bond acceptors (Lipinski definition) is 3. The maximum absolute atomic E-state index is 11.7. The van der Waals surface area contributed by atoms with Gasteiger partial charge in [0, 0.05) is 18.6 Å². The van der Waals surface area contributed by atoms with Crippen LogP contribution >= 0.6 is 0 Å². The van der Waals surface area contributed by atoms with E-state index in [0.717, 1.165) is 6.42 Å². The van der Waals surface area contributed by atoms with Gasteiger partial charge in [-0.15, -0.1) is 0 Å². The fourth-order valence-corrected chi connectivity index (χ4v) is 1.54. The molecule has 0 aromatic carbocycles. The lowest BCUT2D eigenvalue weighted by molar-refractivity contribution is 0.0234. The van der Waals surface area contributed by atoms with Crippen LogP contribution in [0.5, 0.6) is 0 Å². The van der Waals surface area contributed by atoms with E-state index in [2.05, 4.69) is 0 Å². The second-order valence-electron chi connectivity index (χ2n) is 4.87. The van der Waals surface area contributed by atoms with Crippen molar-refractivity contribution < 1.29 is 9.53 Å². The Morgan fingerprint density at radius 1 is 1.50 bits per heavy atom. The summed E-state index contributed by atoms with van der Waals surface area (Å²) < 4.78 is 5.27. The summed E-state index contributed by atoms with van der Waals surface area (Å²) in [5, 5.41) is 0. The van der Waals surface area contributed by atoms with Gasteiger partial charge in [0.05, 0.1) is 0 Å². The average molecular weight is 200 g/mol. The highest BCUT2D eigenvalue weighted by molar-refractivity contribution is 5.69. The highest BCUT2D eigenvalue weighted by atomic mass is 16.6. The van der Waals surface area contributed by atoms with E-state index >= 15 is 0 Å². The Morgan fingerprint density at radius 2 is 2.07 bits per heavy atom. The molecule has 0 aliphatic carbocycles. The van der Waals surface area contributed by atoms with Gasteiger partial charge in [-0.1, -0.05) is 0 Å². The first-order chi connectivity index (χ1) is 6.31. The van der Waals surface area contributed by atoms with Crippen LogP contribution in [0, 0.1) is 0 Å². The van der Waals surface area contributed by atoms with Gasteiger partial charge in [-0.3, -0.25) is 0 Å². The number of rotatable bonds is 0. The lowest BCUT2D eigenvalue weighted by atomic mass is 10.2. The lowest BCUT2D eigenvalue weighted by Gasteiger charge is -2.27. The van der Waals surface area contributed by atoms with Gasteiger partial charge in [0.15, 0.2) is 0 Å². The summed E-state index contributed by atoms with van der Waals surface area (Å²) in [4.78, 5) is 13.4. The Kier molecular flexibility index (Phi) is 3.04. The minimum absolute atomic E-state index is 0.0857. The molecule has 0 unspecified atom stereocenters. The summed E-state index contributed by atoms with van der Waals surface area (Å²) >= 11 is 0. The summed E-state index contributed by atoms with van der Waals surface area (Å²) in [5.74, 6) is 0. The zero-order valence-electron chi connectivity index (χ0n) is 9.41. The maximum Gasteiger partial charge on any atom is 0.410 e. The highest BCUT2D eigenvalue weighted by Gasteiger charge is 2.33. The van der Waals surface area contributed by atoms with Gasteiger partial charge in [-0.05, 0) is 34.1 Å². The number of likely N-dealkylation sites (tertiary alicyclic amines) is 1. The van der Waals surface area contributed by atoms with Crippen molar-refractivity contribution in [2.75, 3.05) is 6.54 Å². The molecule has 14 heavy (non-hydrogen) atoms. The van der Waals surface area contributed by atoms with Crippen molar-refractivity contribution in [3.63, 3.8) is 0 Å². The first-order valence-electron chi connectivity index (χ1n) is 5.06. The molecule has 4 heteroatoms. The lowest BCUT2D eigenvalue weighted by Crippen LogP contribution is -2.42. The number of carbonyl (C=O) groups excluding carboxylic acids is 1. The summed E-state index contributed by atoms with van der Waals surface area (Å²) in [6.07, 6.45) is 0.610. The minimum Gasteiger partial charge on any atom is -0.444 e. The smallest absolute Gasteiger partial charge is 0.410 e. The van der Waals surface area contributed by atoms with Crippen molar-refractivity contribution >= 4 is 6.09 Å². The molecule has 2 N–H and O–H groups in total. The molecule has 4 nitrogen and oxygen atoms in total. The number of nitrogens with zero attached hydrogens (tertiary/aromatic N) is 1. The SMILES string of the molecule is C[C@H]1[C@@H](N)CCN1C(=O)OC(C)(C)C. The van der Waals surface area contributed by atoms with E-state index < -0.39 is 5.60 Å². The van der Waals surface area contributed by atoms with Gasteiger partial charge in [-0.2, -0.15) is 0 Å². The second-order valence-corrected chi connectivity index (χ2v) is 4.87.